The van der Waals surface area contributed by atoms with Gasteiger partial charge in [-0.3, -0.25) is 4.90 Å². The van der Waals surface area contributed by atoms with Crippen LogP contribution in [0, 0.1) is 17.2 Å². The zero-order chi connectivity index (χ0) is 17.8. The van der Waals surface area contributed by atoms with Crippen LogP contribution in [0.25, 0.3) is 0 Å². The molecule has 1 aromatic carbocycles. The van der Waals surface area contributed by atoms with Crippen LogP contribution >= 0.6 is 0 Å². The second kappa shape index (κ2) is 7.71. The molecule has 134 valence electrons. The summed E-state index contributed by atoms with van der Waals surface area (Å²) in [4.78, 5) is 5.10. The molecule has 26 heavy (non-hydrogen) atoms. The Balaban J connectivity index is 1.27. The summed E-state index contributed by atoms with van der Waals surface area (Å²) in [5.41, 5.74) is 2.84. The van der Waals surface area contributed by atoms with Gasteiger partial charge in [0, 0.05) is 45.0 Å². The monoisotopic (exact) mass is 348 g/mol. The molecule has 2 heterocycles. The first-order valence-electron chi connectivity index (χ1n) is 9.34. The van der Waals surface area contributed by atoms with E-state index in [9.17, 15) is 0 Å². The average Bonchev–Trinajstić information content (AvgIpc) is 3.52. The maximum Gasteiger partial charge on any atom is 0.163 e. The van der Waals surface area contributed by atoms with Crippen LogP contribution in [-0.4, -0.2) is 47.8 Å². The Morgan fingerprint density at radius 2 is 1.77 bits per heavy atom. The highest BCUT2D eigenvalue weighted by molar-refractivity contribution is 5.48. The first-order chi connectivity index (χ1) is 12.8. The van der Waals surface area contributed by atoms with Gasteiger partial charge in [0.2, 0.25) is 0 Å². The molecule has 2 fully saturated rings. The SMILES string of the molecule is N#Cc1ccc(NCc2ccc(N3CCN(CC4CC4)CC3)cc2)nn1. The Bertz CT molecular complexity index is 752. The van der Waals surface area contributed by atoms with Gasteiger partial charge >= 0.3 is 0 Å². The van der Waals surface area contributed by atoms with E-state index in [-0.39, 0.29) is 0 Å². The molecule has 0 radical (unpaired) electrons. The molecule has 0 atom stereocenters. The first kappa shape index (κ1) is 16.8. The molecule has 0 amide bonds. The number of nitrogens with one attached hydrogen (secondary N) is 1. The van der Waals surface area contributed by atoms with Crippen LogP contribution in [0.4, 0.5) is 11.5 Å². The highest BCUT2D eigenvalue weighted by atomic mass is 15.3. The zero-order valence-electron chi connectivity index (χ0n) is 14.9. The van der Waals surface area contributed by atoms with Gasteiger partial charge in [0.1, 0.15) is 11.9 Å². The summed E-state index contributed by atoms with van der Waals surface area (Å²) in [6.07, 6.45) is 2.87. The molecule has 1 aromatic heterocycles. The van der Waals surface area contributed by atoms with Crippen molar-refractivity contribution in [2.24, 2.45) is 5.92 Å². The van der Waals surface area contributed by atoms with E-state index < -0.39 is 0 Å². The van der Waals surface area contributed by atoms with Crippen molar-refractivity contribution in [3.8, 4) is 6.07 Å². The molecule has 6 heteroatoms. The Hall–Kier alpha value is -2.65. The fraction of sp³-hybridized carbons (Fsp3) is 0.450. The number of piperazine rings is 1. The number of rotatable bonds is 6. The predicted octanol–water partition coefficient (Wildman–Crippen LogP) is 2.49. The number of nitrogens with zero attached hydrogens (tertiary/aromatic N) is 5. The standard InChI is InChI=1S/C20H24N6/c21-13-18-5-8-20(24-23-18)22-14-16-3-6-19(7-4-16)26-11-9-25(10-12-26)15-17-1-2-17/h3-8,17H,1-2,9-12,14-15H2,(H,22,24). The predicted molar refractivity (Wildman–Crippen MR) is 102 cm³/mol. The number of anilines is 2. The van der Waals surface area contributed by atoms with Crippen LogP contribution in [-0.2, 0) is 6.54 Å². The van der Waals surface area contributed by atoms with Crippen molar-refractivity contribution in [3.05, 3.63) is 47.7 Å². The number of hydrogen-bond acceptors (Lipinski definition) is 6. The number of benzene rings is 1. The van der Waals surface area contributed by atoms with E-state index in [4.69, 9.17) is 5.26 Å². The van der Waals surface area contributed by atoms with Gasteiger partial charge in [0.15, 0.2) is 5.69 Å². The topological polar surface area (TPSA) is 68.1 Å². The quantitative estimate of drug-likeness (QED) is 0.865. The second-order valence-corrected chi connectivity index (χ2v) is 7.17. The lowest BCUT2D eigenvalue weighted by atomic mass is 10.1. The molecule has 0 spiro atoms. The summed E-state index contributed by atoms with van der Waals surface area (Å²) < 4.78 is 0. The van der Waals surface area contributed by atoms with Crippen molar-refractivity contribution in [3.63, 3.8) is 0 Å². The fourth-order valence-corrected chi connectivity index (χ4v) is 3.36. The molecule has 2 aromatic rings. The van der Waals surface area contributed by atoms with Crippen molar-refractivity contribution < 1.29 is 0 Å². The van der Waals surface area contributed by atoms with Crippen molar-refractivity contribution in [1.82, 2.24) is 15.1 Å². The van der Waals surface area contributed by atoms with E-state index in [0.29, 0.717) is 18.1 Å². The largest absolute Gasteiger partial charge is 0.369 e. The summed E-state index contributed by atoms with van der Waals surface area (Å²) in [6, 6.07) is 14.2. The van der Waals surface area contributed by atoms with Crippen LogP contribution in [0.2, 0.25) is 0 Å². The van der Waals surface area contributed by atoms with Crippen LogP contribution in [0.15, 0.2) is 36.4 Å². The number of hydrogen-bond donors (Lipinski definition) is 1. The molecule has 0 unspecified atom stereocenters. The summed E-state index contributed by atoms with van der Waals surface area (Å²) in [5, 5.41) is 19.8. The Labute approximate surface area is 154 Å². The maximum absolute atomic E-state index is 8.75. The molecule has 6 nitrogen and oxygen atoms in total. The lowest BCUT2D eigenvalue weighted by Crippen LogP contribution is -2.47. The van der Waals surface area contributed by atoms with Crippen LogP contribution < -0.4 is 10.2 Å². The normalized spacial score (nSPS) is 17.7. The van der Waals surface area contributed by atoms with E-state index >= 15 is 0 Å². The lowest BCUT2D eigenvalue weighted by molar-refractivity contribution is 0.248. The smallest absolute Gasteiger partial charge is 0.163 e. The molecule has 1 N–H and O–H groups in total. The first-order valence-corrected chi connectivity index (χ1v) is 9.34. The molecule has 1 aliphatic carbocycles. The molecule has 1 saturated carbocycles. The van der Waals surface area contributed by atoms with Crippen LogP contribution in [0.5, 0.6) is 0 Å². The molecular weight excluding hydrogens is 324 g/mol. The highest BCUT2D eigenvalue weighted by Crippen LogP contribution is 2.30. The van der Waals surface area contributed by atoms with Crippen molar-refractivity contribution in [2.75, 3.05) is 42.9 Å². The molecular formula is C20H24N6. The Morgan fingerprint density at radius 3 is 2.38 bits per heavy atom. The molecule has 1 saturated heterocycles. The molecule has 2 aliphatic rings. The number of nitriles is 1. The third kappa shape index (κ3) is 4.30. The Morgan fingerprint density at radius 1 is 1.00 bits per heavy atom. The van der Waals surface area contributed by atoms with Crippen molar-refractivity contribution in [1.29, 1.82) is 5.26 Å². The highest BCUT2D eigenvalue weighted by Gasteiger charge is 2.26. The van der Waals surface area contributed by atoms with Gasteiger partial charge in [0.05, 0.1) is 0 Å². The lowest BCUT2D eigenvalue weighted by Gasteiger charge is -2.36. The van der Waals surface area contributed by atoms with E-state index in [0.717, 1.165) is 19.0 Å². The number of aromatic nitrogens is 2. The minimum Gasteiger partial charge on any atom is -0.369 e. The van der Waals surface area contributed by atoms with Gasteiger partial charge in [0.25, 0.3) is 0 Å². The molecule has 1 aliphatic heterocycles. The summed E-state index contributed by atoms with van der Waals surface area (Å²) in [7, 11) is 0. The minimum absolute atomic E-state index is 0.331. The second-order valence-electron chi connectivity index (χ2n) is 7.17. The Kier molecular flexibility index (Phi) is 4.98. The van der Waals surface area contributed by atoms with E-state index in [1.807, 2.05) is 6.07 Å². The van der Waals surface area contributed by atoms with Gasteiger partial charge < -0.3 is 10.2 Å². The summed E-state index contributed by atoms with van der Waals surface area (Å²) in [6.45, 7) is 6.58. The summed E-state index contributed by atoms with van der Waals surface area (Å²) in [5.74, 6) is 1.66. The van der Waals surface area contributed by atoms with Gasteiger partial charge in [-0.15, -0.1) is 10.2 Å². The van der Waals surface area contributed by atoms with E-state index in [1.54, 1.807) is 12.1 Å². The van der Waals surface area contributed by atoms with Gasteiger partial charge in [-0.1, -0.05) is 12.1 Å². The third-order valence-electron chi connectivity index (χ3n) is 5.14. The third-order valence-corrected chi connectivity index (χ3v) is 5.14. The molecule has 0 bridgehead atoms. The average molecular weight is 348 g/mol. The maximum atomic E-state index is 8.75. The van der Waals surface area contributed by atoms with E-state index in [2.05, 4.69) is 49.6 Å². The van der Waals surface area contributed by atoms with Crippen LogP contribution in [0.1, 0.15) is 24.1 Å². The van der Waals surface area contributed by atoms with Crippen molar-refractivity contribution in [2.45, 2.75) is 19.4 Å². The van der Waals surface area contributed by atoms with Gasteiger partial charge in [-0.25, -0.2) is 0 Å². The van der Waals surface area contributed by atoms with Gasteiger partial charge in [-0.2, -0.15) is 5.26 Å². The zero-order valence-corrected chi connectivity index (χ0v) is 14.9. The van der Waals surface area contributed by atoms with Crippen LogP contribution in [0.3, 0.4) is 0 Å². The molecule has 4 rings (SSSR count). The minimum atomic E-state index is 0.331. The van der Waals surface area contributed by atoms with Gasteiger partial charge in [-0.05, 0) is 48.6 Å². The van der Waals surface area contributed by atoms with Crippen molar-refractivity contribution >= 4 is 11.5 Å². The van der Waals surface area contributed by atoms with E-state index in [1.165, 1.54) is 43.7 Å². The summed E-state index contributed by atoms with van der Waals surface area (Å²) >= 11 is 0. The fourth-order valence-electron chi connectivity index (χ4n) is 3.36.